The monoisotopic (exact) mass is 296 g/mol. The molecule has 0 radical (unpaired) electrons. The molecule has 2 unspecified atom stereocenters. The van der Waals surface area contributed by atoms with E-state index in [2.05, 4.69) is 15.2 Å². The Morgan fingerprint density at radius 1 is 1.52 bits per heavy atom. The number of nitrogens with two attached hydrogens (primary N) is 1. The normalized spacial score (nSPS) is 19.2. The van der Waals surface area contributed by atoms with Gasteiger partial charge in [-0.15, -0.1) is 0 Å². The van der Waals surface area contributed by atoms with Crippen LogP contribution in [-0.4, -0.2) is 53.2 Å². The van der Waals surface area contributed by atoms with E-state index < -0.39 is 12.1 Å². The van der Waals surface area contributed by atoms with Crippen LogP contribution >= 0.6 is 0 Å². The minimum absolute atomic E-state index is 0.172. The summed E-state index contributed by atoms with van der Waals surface area (Å²) in [6, 6.07) is -0.722. The fourth-order valence-electron chi connectivity index (χ4n) is 2.35. The van der Waals surface area contributed by atoms with E-state index in [0.29, 0.717) is 6.54 Å². The number of oxazole rings is 1. The van der Waals surface area contributed by atoms with Crippen molar-refractivity contribution in [3.63, 3.8) is 0 Å². The van der Waals surface area contributed by atoms with Crippen LogP contribution in [0, 0.1) is 0 Å². The van der Waals surface area contributed by atoms with Crippen molar-refractivity contribution in [2.45, 2.75) is 38.3 Å². The predicted molar refractivity (Wildman–Crippen MR) is 77.7 cm³/mol. The van der Waals surface area contributed by atoms with Crippen LogP contribution < -0.4 is 11.1 Å². The van der Waals surface area contributed by atoms with Gasteiger partial charge in [-0.25, -0.2) is 4.98 Å². The average molecular weight is 296 g/mol. The van der Waals surface area contributed by atoms with Gasteiger partial charge in [0.05, 0.1) is 6.10 Å². The summed E-state index contributed by atoms with van der Waals surface area (Å²) in [5, 5.41) is 12.2. The van der Waals surface area contributed by atoms with Gasteiger partial charge in [0.15, 0.2) is 5.69 Å². The van der Waals surface area contributed by atoms with Crippen LogP contribution in [0.25, 0.3) is 0 Å². The minimum Gasteiger partial charge on any atom is -0.446 e. The Bertz CT molecular complexity index is 455. The van der Waals surface area contributed by atoms with E-state index in [0.717, 1.165) is 19.6 Å². The summed E-state index contributed by atoms with van der Waals surface area (Å²) >= 11 is 0. The molecule has 0 aromatic carbocycles. The lowest BCUT2D eigenvalue weighted by molar-refractivity contribution is 0.0941. The highest BCUT2D eigenvalue weighted by Crippen LogP contribution is 2.13. The standard InChI is InChI=1S/C14H24N4O3/c1-10(19)12(15)14-17-11(9-21-14)13(20)16-5-8-18-6-3-2-4-7-18/h9-10,12,19H,2-8,15H2,1H3,(H,16,20). The van der Waals surface area contributed by atoms with Crippen molar-refractivity contribution < 1.29 is 14.3 Å². The van der Waals surface area contributed by atoms with Crippen molar-refractivity contribution in [1.29, 1.82) is 0 Å². The second-order valence-electron chi connectivity index (χ2n) is 5.50. The number of amides is 1. The van der Waals surface area contributed by atoms with Crippen LogP contribution in [0.2, 0.25) is 0 Å². The van der Waals surface area contributed by atoms with Gasteiger partial charge in [-0.05, 0) is 32.9 Å². The Labute approximate surface area is 124 Å². The number of piperidine rings is 1. The molecular formula is C14H24N4O3. The van der Waals surface area contributed by atoms with Crippen molar-refractivity contribution in [3.05, 3.63) is 17.8 Å². The Balaban J connectivity index is 1.77. The Hall–Kier alpha value is -1.44. The quantitative estimate of drug-likeness (QED) is 0.696. The molecule has 0 aliphatic carbocycles. The van der Waals surface area contributed by atoms with Crippen LogP contribution in [0.1, 0.15) is 48.6 Å². The lowest BCUT2D eigenvalue weighted by Crippen LogP contribution is -2.37. The minimum atomic E-state index is -0.779. The summed E-state index contributed by atoms with van der Waals surface area (Å²) in [4.78, 5) is 18.3. The first-order chi connectivity index (χ1) is 10.1. The number of rotatable bonds is 6. The maximum absolute atomic E-state index is 11.9. The fourth-order valence-corrected chi connectivity index (χ4v) is 2.35. The molecular weight excluding hydrogens is 272 g/mol. The Kier molecular flexibility index (Phi) is 5.72. The Morgan fingerprint density at radius 3 is 2.90 bits per heavy atom. The van der Waals surface area contributed by atoms with E-state index in [1.165, 1.54) is 25.5 Å². The average Bonchev–Trinajstić information content (AvgIpc) is 2.97. The number of aliphatic hydroxyl groups excluding tert-OH is 1. The van der Waals surface area contributed by atoms with Gasteiger partial charge >= 0.3 is 0 Å². The van der Waals surface area contributed by atoms with Crippen molar-refractivity contribution in [2.75, 3.05) is 26.2 Å². The summed E-state index contributed by atoms with van der Waals surface area (Å²) in [5.74, 6) is -0.106. The molecule has 2 heterocycles. The highest BCUT2D eigenvalue weighted by molar-refractivity contribution is 5.91. The maximum Gasteiger partial charge on any atom is 0.273 e. The number of carbonyl (C=O) groups excluding carboxylic acids is 1. The molecule has 1 aliphatic heterocycles. The molecule has 0 spiro atoms. The summed E-state index contributed by atoms with van der Waals surface area (Å²) in [5.41, 5.74) is 5.90. The third-order valence-electron chi connectivity index (χ3n) is 3.72. The molecule has 1 aromatic heterocycles. The number of nitrogens with one attached hydrogen (secondary N) is 1. The lowest BCUT2D eigenvalue weighted by atomic mass is 10.1. The zero-order chi connectivity index (χ0) is 15.2. The molecule has 1 saturated heterocycles. The third-order valence-corrected chi connectivity index (χ3v) is 3.72. The van der Waals surface area contributed by atoms with E-state index in [4.69, 9.17) is 10.2 Å². The van der Waals surface area contributed by atoms with E-state index in [-0.39, 0.29) is 17.5 Å². The highest BCUT2D eigenvalue weighted by atomic mass is 16.3. The summed E-state index contributed by atoms with van der Waals surface area (Å²) in [6.45, 7) is 5.20. The van der Waals surface area contributed by atoms with Crippen LogP contribution in [0.3, 0.4) is 0 Å². The molecule has 7 nitrogen and oxygen atoms in total. The van der Waals surface area contributed by atoms with Gasteiger partial charge in [-0.3, -0.25) is 4.79 Å². The van der Waals surface area contributed by atoms with E-state index in [1.807, 2.05) is 0 Å². The molecule has 21 heavy (non-hydrogen) atoms. The fraction of sp³-hybridized carbons (Fsp3) is 0.714. The summed E-state index contributed by atoms with van der Waals surface area (Å²) in [6.07, 6.45) is 4.26. The first-order valence-corrected chi connectivity index (χ1v) is 7.47. The van der Waals surface area contributed by atoms with Crippen molar-refractivity contribution in [3.8, 4) is 0 Å². The number of hydrogen-bond donors (Lipinski definition) is 3. The summed E-state index contributed by atoms with van der Waals surface area (Å²) in [7, 11) is 0. The maximum atomic E-state index is 11.9. The molecule has 2 rings (SSSR count). The first kappa shape index (κ1) is 15.9. The third kappa shape index (κ3) is 4.52. The van der Waals surface area contributed by atoms with Crippen molar-refractivity contribution in [2.24, 2.45) is 5.73 Å². The highest BCUT2D eigenvalue weighted by Gasteiger charge is 2.20. The number of nitrogens with zero attached hydrogens (tertiary/aromatic N) is 2. The molecule has 4 N–H and O–H groups in total. The van der Waals surface area contributed by atoms with Gasteiger partial charge < -0.3 is 25.5 Å². The number of aliphatic hydroxyl groups is 1. The second kappa shape index (κ2) is 7.53. The summed E-state index contributed by atoms with van der Waals surface area (Å²) < 4.78 is 5.14. The van der Waals surface area contributed by atoms with Crippen LogP contribution in [0.15, 0.2) is 10.7 Å². The molecule has 0 bridgehead atoms. The number of aromatic nitrogens is 1. The smallest absolute Gasteiger partial charge is 0.273 e. The number of hydrogen-bond acceptors (Lipinski definition) is 6. The predicted octanol–water partition coefficient (Wildman–Crippen LogP) is 0.271. The molecule has 1 aromatic rings. The largest absolute Gasteiger partial charge is 0.446 e. The molecule has 7 heteroatoms. The van der Waals surface area contributed by atoms with Crippen molar-refractivity contribution >= 4 is 5.91 Å². The number of likely N-dealkylation sites (tertiary alicyclic amines) is 1. The van der Waals surface area contributed by atoms with Gasteiger partial charge in [-0.2, -0.15) is 0 Å². The van der Waals surface area contributed by atoms with Gasteiger partial charge in [0.1, 0.15) is 12.3 Å². The Morgan fingerprint density at radius 2 is 2.24 bits per heavy atom. The topological polar surface area (TPSA) is 105 Å². The first-order valence-electron chi connectivity index (χ1n) is 7.47. The lowest BCUT2D eigenvalue weighted by Gasteiger charge is -2.26. The van der Waals surface area contributed by atoms with E-state index in [1.54, 1.807) is 6.92 Å². The van der Waals surface area contributed by atoms with E-state index >= 15 is 0 Å². The molecule has 0 saturated carbocycles. The molecule has 1 aliphatic rings. The van der Waals surface area contributed by atoms with Gasteiger partial charge in [-0.1, -0.05) is 6.42 Å². The number of carbonyl (C=O) groups is 1. The second-order valence-corrected chi connectivity index (χ2v) is 5.50. The SMILES string of the molecule is CC(O)C(N)c1nc(C(=O)NCCN2CCCCC2)co1. The molecule has 2 atom stereocenters. The van der Waals surface area contributed by atoms with Crippen molar-refractivity contribution in [1.82, 2.24) is 15.2 Å². The van der Waals surface area contributed by atoms with Crippen LogP contribution in [0.5, 0.6) is 0 Å². The van der Waals surface area contributed by atoms with E-state index in [9.17, 15) is 9.90 Å². The zero-order valence-electron chi connectivity index (χ0n) is 12.4. The van der Waals surface area contributed by atoms with Gasteiger partial charge in [0.2, 0.25) is 5.89 Å². The molecule has 1 amide bonds. The zero-order valence-corrected chi connectivity index (χ0v) is 12.4. The van der Waals surface area contributed by atoms with Gasteiger partial charge in [0.25, 0.3) is 5.91 Å². The van der Waals surface area contributed by atoms with Gasteiger partial charge in [0, 0.05) is 13.1 Å². The molecule has 1 fully saturated rings. The van der Waals surface area contributed by atoms with Crippen LogP contribution in [-0.2, 0) is 0 Å². The van der Waals surface area contributed by atoms with Crippen LogP contribution in [0.4, 0.5) is 0 Å². The molecule has 118 valence electrons.